The molecule has 0 atom stereocenters. The zero-order valence-corrected chi connectivity index (χ0v) is 16.5. The number of pyridine rings is 2. The zero-order valence-electron chi connectivity index (χ0n) is 13.6. The van der Waals surface area contributed by atoms with Gasteiger partial charge in [-0.05, 0) is 0 Å². The third-order valence-electron chi connectivity index (χ3n) is 4.25. The molecule has 0 fully saturated rings. The van der Waals surface area contributed by atoms with Gasteiger partial charge in [-0.25, -0.2) is 0 Å². The molecule has 5 heteroatoms. The zero-order chi connectivity index (χ0) is 16.0. The molecule has 0 saturated carbocycles. The molecule has 0 aromatic carbocycles. The van der Waals surface area contributed by atoms with E-state index in [1.54, 1.807) is 0 Å². The summed E-state index contributed by atoms with van der Waals surface area (Å²) in [6.07, 6.45) is 8.11. The first kappa shape index (κ1) is 14.8. The van der Waals surface area contributed by atoms with Crippen molar-refractivity contribution in [1.29, 1.82) is 0 Å². The Morgan fingerprint density at radius 3 is 1.70 bits per heavy atom. The van der Waals surface area contributed by atoms with Gasteiger partial charge in [-0.1, -0.05) is 0 Å². The van der Waals surface area contributed by atoms with Gasteiger partial charge in [0, 0.05) is 0 Å². The summed E-state index contributed by atoms with van der Waals surface area (Å²) in [4.78, 5) is 16.6. The summed E-state index contributed by atoms with van der Waals surface area (Å²) in [6.45, 7) is 0. The normalized spacial score (nSPS) is 12.5. The molecule has 0 N–H and O–H groups in total. The summed E-state index contributed by atoms with van der Waals surface area (Å²) in [5.74, 6) is 0. The Morgan fingerprint density at radius 1 is 0.783 bits per heavy atom. The molecule has 4 aromatic rings. The van der Waals surface area contributed by atoms with Gasteiger partial charge in [-0.2, -0.15) is 0 Å². The summed E-state index contributed by atoms with van der Waals surface area (Å²) < 4.78 is 5.00. The Morgan fingerprint density at radius 2 is 1.26 bits per heavy atom. The van der Waals surface area contributed by atoms with Gasteiger partial charge in [0.15, 0.2) is 0 Å². The van der Waals surface area contributed by atoms with Crippen molar-refractivity contribution in [2.75, 3.05) is 0 Å². The molecular weight excluding hydrogens is 391 g/mol. The molecule has 4 rings (SSSR count). The van der Waals surface area contributed by atoms with E-state index in [0.29, 0.717) is 4.18 Å². The van der Waals surface area contributed by atoms with Crippen molar-refractivity contribution in [3.63, 3.8) is 0 Å². The molecule has 4 aromatic heterocycles. The average Bonchev–Trinajstić information content (AvgIpc) is 3.12. The maximum absolute atomic E-state index is 4.63. The van der Waals surface area contributed by atoms with E-state index >= 15 is 0 Å². The van der Waals surface area contributed by atoms with Crippen LogP contribution in [-0.2, 0) is 0 Å². The third kappa shape index (κ3) is 2.45. The van der Waals surface area contributed by atoms with Gasteiger partial charge in [-0.3, -0.25) is 0 Å². The monoisotopic (exact) mass is 412 g/mol. The molecule has 4 nitrogen and oxygen atoms in total. The fraction of sp³-hybridized carbons (Fsp3) is 0.222. The number of hydrogen-bond acceptors (Lipinski definition) is 2. The fourth-order valence-electron chi connectivity index (χ4n) is 3.34. The minimum absolute atomic E-state index is 0.309. The van der Waals surface area contributed by atoms with Gasteiger partial charge in [-0.15, -0.1) is 0 Å². The van der Waals surface area contributed by atoms with Crippen molar-refractivity contribution < 1.29 is 0 Å². The van der Waals surface area contributed by atoms with Crippen molar-refractivity contribution in [3.8, 4) is 0 Å². The van der Waals surface area contributed by atoms with Crippen LogP contribution >= 0.6 is 0 Å². The van der Waals surface area contributed by atoms with E-state index in [1.807, 2.05) is 24.5 Å². The second kappa shape index (κ2) is 5.37. The Labute approximate surface area is 139 Å². The van der Waals surface area contributed by atoms with E-state index in [4.69, 9.17) is 0 Å². The first-order valence-corrected chi connectivity index (χ1v) is 18.1. The molecule has 0 aliphatic heterocycles. The average molecular weight is 411 g/mol. The van der Waals surface area contributed by atoms with Gasteiger partial charge >= 0.3 is 140 Å². The molecule has 0 aliphatic rings. The standard InChI is InChI=1S/C15H11N4.3CH3.Sn/c1-3-12-5-9-18(14(12)16-7-1)11-19-10-6-13-4-2-8-17-15(13)19;;;;/h1-11H;3*1H3;. The molecule has 0 spiro atoms. The van der Waals surface area contributed by atoms with Crippen LogP contribution in [0.5, 0.6) is 0 Å². The van der Waals surface area contributed by atoms with Crippen LogP contribution in [0.4, 0.5) is 0 Å². The van der Waals surface area contributed by atoms with Crippen LogP contribution in [0.15, 0.2) is 61.2 Å². The van der Waals surface area contributed by atoms with Gasteiger partial charge in [0.2, 0.25) is 0 Å². The van der Waals surface area contributed by atoms with Gasteiger partial charge in [0.25, 0.3) is 0 Å². The minimum atomic E-state index is -2.40. The Balaban J connectivity index is 1.99. The fourth-order valence-corrected chi connectivity index (χ4v) is 9.29. The van der Waals surface area contributed by atoms with Crippen LogP contribution in [0.2, 0.25) is 14.8 Å². The molecule has 0 amide bonds. The van der Waals surface area contributed by atoms with Crippen LogP contribution in [-0.4, -0.2) is 37.5 Å². The van der Waals surface area contributed by atoms with E-state index in [2.05, 4.69) is 70.6 Å². The number of rotatable bonds is 3. The summed E-state index contributed by atoms with van der Waals surface area (Å²) in [5, 5.41) is 2.38. The molecule has 0 aliphatic carbocycles. The van der Waals surface area contributed by atoms with Crippen LogP contribution in [0.25, 0.3) is 22.1 Å². The van der Waals surface area contributed by atoms with Crippen molar-refractivity contribution in [2.45, 2.75) is 19.0 Å². The predicted octanol–water partition coefficient (Wildman–Crippen LogP) is 4.31. The second-order valence-electron chi connectivity index (χ2n) is 7.02. The summed E-state index contributed by atoms with van der Waals surface area (Å²) in [5.41, 5.74) is 2.11. The van der Waals surface area contributed by atoms with Crippen molar-refractivity contribution in [3.05, 3.63) is 61.2 Å². The van der Waals surface area contributed by atoms with E-state index in [0.717, 1.165) is 11.3 Å². The Hall–Kier alpha value is -1.82. The number of fused-ring (bicyclic) bond motifs is 2. The van der Waals surface area contributed by atoms with Crippen molar-refractivity contribution in [1.82, 2.24) is 19.1 Å². The Kier molecular flexibility index (Phi) is 3.44. The van der Waals surface area contributed by atoms with Gasteiger partial charge < -0.3 is 0 Å². The Bertz CT molecular complexity index is 903. The molecular formula is C18H20N4Sn. The van der Waals surface area contributed by atoms with E-state index in [1.165, 1.54) is 10.8 Å². The predicted molar refractivity (Wildman–Crippen MR) is 97.2 cm³/mol. The molecule has 0 unspecified atom stereocenters. The summed E-state index contributed by atoms with van der Waals surface area (Å²) in [7, 11) is 0. The molecule has 116 valence electrons. The second-order valence-corrected chi connectivity index (χ2v) is 22.0. The van der Waals surface area contributed by atoms with Crippen LogP contribution < -0.4 is 0 Å². The number of nitrogens with zero attached hydrogens (tertiary/aromatic N) is 4. The molecule has 0 bridgehead atoms. The van der Waals surface area contributed by atoms with E-state index in [-0.39, 0.29) is 0 Å². The van der Waals surface area contributed by atoms with Gasteiger partial charge in [0.05, 0.1) is 0 Å². The quantitative estimate of drug-likeness (QED) is 0.471. The van der Waals surface area contributed by atoms with E-state index in [9.17, 15) is 0 Å². The van der Waals surface area contributed by atoms with Gasteiger partial charge in [0.1, 0.15) is 0 Å². The maximum atomic E-state index is 4.63. The molecule has 4 heterocycles. The van der Waals surface area contributed by atoms with Crippen LogP contribution in [0, 0.1) is 0 Å². The first-order valence-electron chi connectivity index (χ1n) is 7.89. The van der Waals surface area contributed by atoms with E-state index < -0.39 is 18.4 Å². The SMILES string of the molecule is [CH3][Sn]([CH3])([CH3])[CH](n1ccc2cccnc21)n1ccc2cccnc21. The molecule has 23 heavy (non-hydrogen) atoms. The molecule has 0 radical (unpaired) electrons. The topological polar surface area (TPSA) is 35.6 Å². The third-order valence-corrected chi connectivity index (χ3v) is 10.3. The van der Waals surface area contributed by atoms with Crippen molar-refractivity contribution >= 4 is 40.4 Å². The van der Waals surface area contributed by atoms with Crippen LogP contribution in [0.3, 0.4) is 0 Å². The molecule has 0 saturated heterocycles. The summed E-state index contributed by atoms with van der Waals surface area (Å²) in [6, 6.07) is 12.6. The number of hydrogen-bond donors (Lipinski definition) is 0. The van der Waals surface area contributed by atoms with Crippen molar-refractivity contribution in [2.24, 2.45) is 0 Å². The first-order chi connectivity index (χ1) is 11.1. The summed E-state index contributed by atoms with van der Waals surface area (Å²) >= 11 is -2.40. The van der Waals surface area contributed by atoms with Crippen LogP contribution in [0.1, 0.15) is 4.18 Å². The number of aromatic nitrogens is 4.